The fourth-order valence-corrected chi connectivity index (χ4v) is 3.16. The van der Waals surface area contributed by atoms with Crippen molar-refractivity contribution in [3.05, 3.63) is 101 Å². The maximum absolute atomic E-state index is 12.9. The van der Waals surface area contributed by atoms with Gasteiger partial charge in [0, 0.05) is 5.56 Å². The second-order valence-electron chi connectivity index (χ2n) is 7.10. The van der Waals surface area contributed by atoms with E-state index in [1.165, 1.54) is 13.2 Å². The number of esters is 1. The minimum absolute atomic E-state index is 0.0717. The van der Waals surface area contributed by atoms with Crippen molar-refractivity contribution < 1.29 is 32.2 Å². The van der Waals surface area contributed by atoms with E-state index in [2.05, 4.69) is 4.99 Å². The smallest absolute Gasteiger partial charge is 0.416 e. The first-order valence-corrected chi connectivity index (χ1v) is 9.88. The van der Waals surface area contributed by atoms with E-state index < -0.39 is 17.7 Å². The first-order chi connectivity index (χ1) is 15.8. The maximum atomic E-state index is 12.9. The molecule has 0 saturated heterocycles. The molecule has 0 radical (unpaired) electrons. The summed E-state index contributed by atoms with van der Waals surface area (Å²) in [5, 5.41) is 0. The Bertz CT molecular complexity index is 1230. The molecule has 0 atom stereocenters. The number of nitrogens with zero attached hydrogens (tertiary/aromatic N) is 1. The molecule has 0 aliphatic carbocycles. The number of benzene rings is 3. The molecule has 3 aromatic rings. The molecule has 0 spiro atoms. The first kappa shape index (κ1) is 22.1. The molecule has 168 valence electrons. The molecule has 0 aromatic heterocycles. The molecule has 4 rings (SSSR count). The fourth-order valence-electron chi connectivity index (χ4n) is 3.16. The molecule has 1 aliphatic heterocycles. The van der Waals surface area contributed by atoms with E-state index in [9.17, 15) is 18.0 Å². The topological polar surface area (TPSA) is 57.1 Å². The van der Waals surface area contributed by atoms with Gasteiger partial charge in [-0.15, -0.1) is 0 Å². The van der Waals surface area contributed by atoms with E-state index in [1.54, 1.807) is 42.5 Å². The minimum Gasteiger partial charge on any atom is -0.493 e. The van der Waals surface area contributed by atoms with Crippen LogP contribution in [0.25, 0.3) is 6.08 Å². The molecule has 0 amide bonds. The van der Waals surface area contributed by atoms with Gasteiger partial charge in [-0.3, -0.25) is 0 Å². The Kier molecular flexibility index (Phi) is 6.17. The van der Waals surface area contributed by atoms with Crippen LogP contribution in [0.1, 0.15) is 22.3 Å². The van der Waals surface area contributed by atoms with Crippen LogP contribution in [0.5, 0.6) is 11.5 Å². The van der Waals surface area contributed by atoms with Gasteiger partial charge < -0.3 is 14.2 Å². The molecule has 0 unspecified atom stereocenters. The van der Waals surface area contributed by atoms with Crippen LogP contribution < -0.4 is 9.47 Å². The SMILES string of the molecule is COc1cc(/C=C2\N=C(c3ccccc3)OC2=O)ccc1OCc1cccc(C(F)(F)F)c1. The van der Waals surface area contributed by atoms with Gasteiger partial charge in [-0.05, 0) is 53.6 Å². The van der Waals surface area contributed by atoms with Gasteiger partial charge in [0.15, 0.2) is 17.2 Å². The molecule has 0 bridgehead atoms. The number of carbonyl (C=O) groups is 1. The monoisotopic (exact) mass is 453 g/mol. The molecular formula is C25H18F3NO4. The normalized spacial score (nSPS) is 14.7. The van der Waals surface area contributed by atoms with Crippen molar-refractivity contribution in [3.63, 3.8) is 0 Å². The zero-order valence-electron chi connectivity index (χ0n) is 17.4. The Balaban J connectivity index is 1.52. The van der Waals surface area contributed by atoms with Gasteiger partial charge in [0.2, 0.25) is 5.90 Å². The summed E-state index contributed by atoms with van der Waals surface area (Å²) in [4.78, 5) is 16.5. The summed E-state index contributed by atoms with van der Waals surface area (Å²) in [5.41, 5.74) is 1.06. The number of ether oxygens (including phenoxy) is 3. The Morgan fingerprint density at radius 3 is 2.48 bits per heavy atom. The summed E-state index contributed by atoms with van der Waals surface area (Å²) in [6.45, 7) is -0.0717. The van der Waals surface area contributed by atoms with Crippen molar-refractivity contribution in [3.8, 4) is 11.5 Å². The molecule has 5 nitrogen and oxygen atoms in total. The van der Waals surface area contributed by atoms with Crippen LogP contribution >= 0.6 is 0 Å². The van der Waals surface area contributed by atoms with Gasteiger partial charge in [0.25, 0.3) is 0 Å². The zero-order valence-corrected chi connectivity index (χ0v) is 17.4. The van der Waals surface area contributed by atoms with Crippen molar-refractivity contribution >= 4 is 17.9 Å². The van der Waals surface area contributed by atoms with Crippen LogP contribution in [0.4, 0.5) is 13.2 Å². The van der Waals surface area contributed by atoms with Crippen molar-refractivity contribution in [1.29, 1.82) is 0 Å². The van der Waals surface area contributed by atoms with Crippen molar-refractivity contribution in [2.45, 2.75) is 12.8 Å². The molecule has 8 heteroatoms. The summed E-state index contributed by atoms with van der Waals surface area (Å²) >= 11 is 0. The van der Waals surface area contributed by atoms with Crippen LogP contribution in [-0.2, 0) is 22.3 Å². The average molecular weight is 453 g/mol. The molecular weight excluding hydrogens is 435 g/mol. The summed E-state index contributed by atoms with van der Waals surface area (Å²) in [5.74, 6) is 0.354. The summed E-state index contributed by atoms with van der Waals surface area (Å²) in [6, 6.07) is 18.9. The van der Waals surface area contributed by atoms with Gasteiger partial charge >= 0.3 is 12.1 Å². The molecule has 0 saturated carbocycles. The standard InChI is InChI=1S/C25H18F3NO4/c1-31-22-14-16(13-20-24(30)33-23(29-20)18-7-3-2-4-8-18)10-11-21(22)32-15-17-6-5-9-19(12-17)25(26,27)28/h2-14H,15H2,1H3/b20-13-. The number of hydrogen-bond donors (Lipinski definition) is 0. The van der Waals surface area contributed by atoms with E-state index >= 15 is 0 Å². The van der Waals surface area contributed by atoms with Crippen molar-refractivity contribution in [1.82, 2.24) is 0 Å². The number of rotatable bonds is 6. The third kappa shape index (κ3) is 5.23. The van der Waals surface area contributed by atoms with Gasteiger partial charge in [0.05, 0.1) is 12.7 Å². The third-order valence-electron chi connectivity index (χ3n) is 4.78. The average Bonchev–Trinajstić information content (AvgIpc) is 3.18. The van der Waals surface area contributed by atoms with Gasteiger partial charge in [-0.2, -0.15) is 13.2 Å². The Labute approximate surface area is 187 Å². The molecule has 1 heterocycles. The number of hydrogen-bond acceptors (Lipinski definition) is 5. The number of aliphatic imine (C=N–C) groups is 1. The summed E-state index contributed by atoms with van der Waals surface area (Å²) in [7, 11) is 1.44. The fraction of sp³-hybridized carbons (Fsp3) is 0.120. The lowest BCUT2D eigenvalue weighted by atomic mass is 10.1. The molecule has 33 heavy (non-hydrogen) atoms. The zero-order chi connectivity index (χ0) is 23.4. The second-order valence-corrected chi connectivity index (χ2v) is 7.10. The molecule has 1 aliphatic rings. The highest BCUT2D eigenvalue weighted by Crippen LogP contribution is 2.32. The van der Waals surface area contributed by atoms with E-state index in [-0.39, 0.29) is 18.2 Å². The lowest BCUT2D eigenvalue weighted by Gasteiger charge is -2.13. The van der Waals surface area contributed by atoms with E-state index in [0.717, 1.165) is 12.1 Å². The molecule has 3 aromatic carbocycles. The van der Waals surface area contributed by atoms with Crippen molar-refractivity contribution in [2.75, 3.05) is 7.11 Å². The Hall–Kier alpha value is -4.07. The third-order valence-corrected chi connectivity index (χ3v) is 4.78. The molecule has 0 N–H and O–H groups in total. The lowest BCUT2D eigenvalue weighted by Crippen LogP contribution is -2.06. The predicted octanol–water partition coefficient (Wildman–Crippen LogP) is 5.64. The highest BCUT2D eigenvalue weighted by Gasteiger charge is 2.30. The highest BCUT2D eigenvalue weighted by molar-refractivity contribution is 6.12. The first-order valence-electron chi connectivity index (χ1n) is 9.88. The van der Waals surface area contributed by atoms with Crippen LogP contribution in [0.2, 0.25) is 0 Å². The van der Waals surface area contributed by atoms with E-state index in [1.807, 2.05) is 18.2 Å². The van der Waals surface area contributed by atoms with Crippen LogP contribution in [0, 0.1) is 0 Å². The van der Waals surface area contributed by atoms with Crippen LogP contribution in [-0.4, -0.2) is 19.0 Å². The Morgan fingerprint density at radius 1 is 0.970 bits per heavy atom. The number of cyclic esters (lactones) is 1. The van der Waals surface area contributed by atoms with Gasteiger partial charge in [0.1, 0.15) is 6.61 Å². The second kappa shape index (κ2) is 9.20. The number of alkyl halides is 3. The van der Waals surface area contributed by atoms with Crippen LogP contribution in [0.15, 0.2) is 83.5 Å². The number of halogens is 3. The van der Waals surface area contributed by atoms with Crippen molar-refractivity contribution in [2.24, 2.45) is 4.99 Å². The predicted molar refractivity (Wildman–Crippen MR) is 116 cm³/mol. The van der Waals surface area contributed by atoms with Crippen LogP contribution in [0.3, 0.4) is 0 Å². The van der Waals surface area contributed by atoms with E-state index in [4.69, 9.17) is 14.2 Å². The minimum atomic E-state index is -4.42. The van der Waals surface area contributed by atoms with E-state index in [0.29, 0.717) is 28.2 Å². The molecule has 0 fully saturated rings. The number of carbonyl (C=O) groups excluding carboxylic acids is 1. The summed E-state index contributed by atoms with van der Waals surface area (Å²) < 4.78 is 55.0. The highest BCUT2D eigenvalue weighted by atomic mass is 19.4. The largest absolute Gasteiger partial charge is 0.493 e. The lowest BCUT2D eigenvalue weighted by molar-refractivity contribution is -0.137. The quantitative estimate of drug-likeness (QED) is 0.358. The number of methoxy groups -OCH3 is 1. The Morgan fingerprint density at radius 2 is 1.76 bits per heavy atom. The maximum Gasteiger partial charge on any atom is 0.416 e. The summed E-state index contributed by atoms with van der Waals surface area (Å²) in [6.07, 6.45) is -2.87. The van der Waals surface area contributed by atoms with Gasteiger partial charge in [-0.25, -0.2) is 9.79 Å². The van der Waals surface area contributed by atoms with Gasteiger partial charge in [-0.1, -0.05) is 36.4 Å².